The maximum atomic E-state index is 12.0. The molecule has 2 rings (SSSR count). The van der Waals surface area contributed by atoms with Crippen molar-refractivity contribution < 1.29 is 4.79 Å². The molecule has 100 valence electrons. The van der Waals surface area contributed by atoms with E-state index >= 15 is 0 Å². The van der Waals surface area contributed by atoms with Crippen molar-refractivity contribution >= 4 is 17.5 Å². The SMILES string of the molecule is CC[C@H](C)c1ccc(C(=O)CSc2ncn[nH]2)cc1. The Labute approximate surface area is 117 Å². The predicted molar refractivity (Wildman–Crippen MR) is 76.6 cm³/mol. The highest BCUT2D eigenvalue weighted by atomic mass is 32.2. The molecule has 19 heavy (non-hydrogen) atoms. The molecule has 4 nitrogen and oxygen atoms in total. The molecule has 1 aromatic carbocycles. The van der Waals surface area contributed by atoms with Crippen molar-refractivity contribution in [2.45, 2.75) is 31.3 Å². The smallest absolute Gasteiger partial charge is 0.183 e. The van der Waals surface area contributed by atoms with Crippen molar-refractivity contribution in [1.82, 2.24) is 15.2 Å². The van der Waals surface area contributed by atoms with Crippen LogP contribution in [-0.4, -0.2) is 26.7 Å². The summed E-state index contributed by atoms with van der Waals surface area (Å²) in [5, 5.41) is 7.14. The number of rotatable bonds is 6. The van der Waals surface area contributed by atoms with E-state index in [1.54, 1.807) is 0 Å². The Balaban J connectivity index is 1.95. The van der Waals surface area contributed by atoms with Gasteiger partial charge in [0.15, 0.2) is 10.9 Å². The van der Waals surface area contributed by atoms with Crippen molar-refractivity contribution in [3.63, 3.8) is 0 Å². The molecule has 1 aromatic heterocycles. The number of nitrogens with zero attached hydrogens (tertiary/aromatic N) is 2. The van der Waals surface area contributed by atoms with Crippen LogP contribution in [0.25, 0.3) is 0 Å². The normalized spacial score (nSPS) is 12.3. The van der Waals surface area contributed by atoms with Gasteiger partial charge in [-0.15, -0.1) is 0 Å². The molecule has 0 amide bonds. The van der Waals surface area contributed by atoms with Crippen LogP contribution in [0.1, 0.15) is 42.1 Å². The molecule has 0 unspecified atom stereocenters. The monoisotopic (exact) mass is 275 g/mol. The zero-order valence-electron chi connectivity index (χ0n) is 11.1. The highest BCUT2D eigenvalue weighted by Crippen LogP contribution is 2.20. The highest BCUT2D eigenvalue weighted by molar-refractivity contribution is 7.99. The van der Waals surface area contributed by atoms with Gasteiger partial charge >= 0.3 is 0 Å². The predicted octanol–water partition coefficient (Wildman–Crippen LogP) is 3.29. The average Bonchev–Trinajstić information content (AvgIpc) is 2.97. The van der Waals surface area contributed by atoms with Gasteiger partial charge in [-0.2, -0.15) is 5.10 Å². The molecule has 0 saturated carbocycles. The Hall–Kier alpha value is -1.62. The molecule has 1 heterocycles. The van der Waals surface area contributed by atoms with Crippen LogP contribution in [0.3, 0.4) is 0 Å². The van der Waals surface area contributed by atoms with E-state index in [4.69, 9.17) is 0 Å². The van der Waals surface area contributed by atoms with Crippen molar-refractivity contribution in [3.05, 3.63) is 41.7 Å². The molecule has 0 fully saturated rings. The molecule has 0 saturated heterocycles. The van der Waals surface area contributed by atoms with Crippen LogP contribution in [0.2, 0.25) is 0 Å². The fourth-order valence-corrected chi connectivity index (χ4v) is 2.39. The summed E-state index contributed by atoms with van der Waals surface area (Å²) in [6.07, 6.45) is 2.54. The molecule has 0 bridgehead atoms. The van der Waals surface area contributed by atoms with Gasteiger partial charge in [0.2, 0.25) is 0 Å². The molecule has 1 N–H and O–H groups in total. The number of hydrogen-bond acceptors (Lipinski definition) is 4. The molecule has 0 aliphatic heterocycles. The summed E-state index contributed by atoms with van der Waals surface area (Å²) in [4.78, 5) is 16.0. The number of hydrogen-bond donors (Lipinski definition) is 1. The van der Waals surface area contributed by atoms with E-state index in [0.717, 1.165) is 12.0 Å². The van der Waals surface area contributed by atoms with Gasteiger partial charge in [0.1, 0.15) is 6.33 Å². The number of nitrogens with one attached hydrogen (secondary N) is 1. The molecule has 0 radical (unpaired) electrons. The number of aromatic amines is 1. The first kappa shape index (κ1) is 13.8. The Morgan fingerprint density at radius 3 is 2.68 bits per heavy atom. The van der Waals surface area contributed by atoms with Crippen LogP contribution >= 0.6 is 11.8 Å². The largest absolute Gasteiger partial charge is 0.293 e. The Morgan fingerprint density at radius 2 is 2.11 bits per heavy atom. The summed E-state index contributed by atoms with van der Waals surface area (Å²) in [6.45, 7) is 4.36. The summed E-state index contributed by atoms with van der Waals surface area (Å²) in [6, 6.07) is 7.90. The minimum absolute atomic E-state index is 0.108. The maximum Gasteiger partial charge on any atom is 0.183 e. The first-order chi connectivity index (χ1) is 9.20. The minimum atomic E-state index is 0.108. The second-order valence-electron chi connectivity index (χ2n) is 4.43. The van der Waals surface area contributed by atoms with Gasteiger partial charge in [-0.1, -0.05) is 49.9 Å². The second-order valence-corrected chi connectivity index (χ2v) is 5.40. The molecule has 0 aliphatic rings. The third kappa shape index (κ3) is 3.67. The topological polar surface area (TPSA) is 58.6 Å². The first-order valence-electron chi connectivity index (χ1n) is 6.32. The lowest BCUT2D eigenvalue weighted by molar-refractivity contribution is 0.102. The van der Waals surface area contributed by atoms with E-state index in [9.17, 15) is 4.79 Å². The zero-order valence-corrected chi connectivity index (χ0v) is 11.9. The number of thioether (sulfide) groups is 1. The molecular weight excluding hydrogens is 258 g/mol. The van der Waals surface area contributed by atoms with E-state index in [1.165, 1.54) is 23.7 Å². The van der Waals surface area contributed by atoms with Gasteiger partial charge in [0.05, 0.1) is 5.75 Å². The summed E-state index contributed by atoms with van der Waals surface area (Å²) >= 11 is 1.37. The van der Waals surface area contributed by atoms with Crippen LogP contribution in [0, 0.1) is 0 Å². The standard InChI is InChI=1S/C14H17N3OS/c1-3-10(2)11-4-6-12(7-5-11)13(18)8-19-14-15-9-16-17-14/h4-7,9-10H,3,8H2,1-2H3,(H,15,16,17)/t10-/m0/s1. The van der Waals surface area contributed by atoms with Crippen LogP contribution in [-0.2, 0) is 0 Å². The first-order valence-corrected chi connectivity index (χ1v) is 7.30. The van der Waals surface area contributed by atoms with E-state index < -0.39 is 0 Å². The number of aromatic nitrogens is 3. The molecule has 0 aliphatic carbocycles. The lowest BCUT2D eigenvalue weighted by Crippen LogP contribution is -2.03. The van der Waals surface area contributed by atoms with Crippen molar-refractivity contribution in [1.29, 1.82) is 0 Å². The number of carbonyl (C=O) groups is 1. The van der Waals surface area contributed by atoms with Gasteiger partial charge in [0.25, 0.3) is 0 Å². The van der Waals surface area contributed by atoms with Crippen LogP contribution < -0.4 is 0 Å². The summed E-state index contributed by atoms with van der Waals surface area (Å²) in [5.41, 5.74) is 2.03. The van der Waals surface area contributed by atoms with E-state index in [1.807, 2.05) is 24.3 Å². The van der Waals surface area contributed by atoms with Crippen molar-refractivity contribution in [2.24, 2.45) is 0 Å². The molecule has 1 atom stereocenters. The number of ketones is 1. The number of Topliss-reactive ketones (excluding diaryl/α,β-unsaturated/α-hetero) is 1. The molecular formula is C14H17N3OS. The molecule has 5 heteroatoms. The Kier molecular flexibility index (Phi) is 4.74. The van der Waals surface area contributed by atoms with E-state index in [2.05, 4.69) is 29.0 Å². The maximum absolute atomic E-state index is 12.0. The summed E-state index contributed by atoms with van der Waals surface area (Å²) in [7, 11) is 0. The quantitative estimate of drug-likeness (QED) is 0.649. The average molecular weight is 275 g/mol. The Bertz CT molecular complexity index is 522. The highest BCUT2D eigenvalue weighted by Gasteiger charge is 2.09. The van der Waals surface area contributed by atoms with Gasteiger partial charge < -0.3 is 0 Å². The van der Waals surface area contributed by atoms with Crippen molar-refractivity contribution in [3.8, 4) is 0 Å². The van der Waals surface area contributed by atoms with Crippen LogP contribution in [0.5, 0.6) is 0 Å². The van der Waals surface area contributed by atoms with Gasteiger partial charge in [0, 0.05) is 5.56 Å². The third-order valence-electron chi connectivity index (χ3n) is 3.15. The number of benzene rings is 1. The fourth-order valence-electron chi connectivity index (χ4n) is 1.71. The van der Waals surface area contributed by atoms with E-state index in [-0.39, 0.29) is 5.78 Å². The summed E-state index contributed by atoms with van der Waals surface area (Å²) in [5.74, 6) is 1.02. The summed E-state index contributed by atoms with van der Waals surface area (Å²) < 4.78 is 0. The van der Waals surface area contributed by atoms with Crippen molar-refractivity contribution in [2.75, 3.05) is 5.75 Å². The van der Waals surface area contributed by atoms with Gasteiger partial charge in [-0.3, -0.25) is 9.89 Å². The third-order valence-corrected chi connectivity index (χ3v) is 4.02. The molecule has 2 aromatic rings. The van der Waals surface area contributed by atoms with Gasteiger partial charge in [-0.25, -0.2) is 4.98 Å². The van der Waals surface area contributed by atoms with E-state index in [0.29, 0.717) is 16.8 Å². The zero-order chi connectivity index (χ0) is 13.7. The second kappa shape index (κ2) is 6.52. The van der Waals surface area contributed by atoms with Crippen LogP contribution in [0.4, 0.5) is 0 Å². The van der Waals surface area contributed by atoms with Crippen LogP contribution in [0.15, 0.2) is 35.7 Å². The van der Waals surface area contributed by atoms with Gasteiger partial charge in [-0.05, 0) is 17.9 Å². The number of carbonyl (C=O) groups excluding carboxylic acids is 1. The lowest BCUT2D eigenvalue weighted by atomic mass is 9.97. The Morgan fingerprint density at radius 1 is 1.37 bits per heavy atom. The number of H-pyrrole nitrogens is 1. The fraction of sp³-hybridized carbons (Fsp3) is 0.357. The molecule has 0 spiro atoms. The minimum Gasteiger partial charge on any atom is -0.293 e. The lowest BCUT2D eigenvalue weighted by Gasteiger charge is -2.09.